The summed E-state index contributed by atoms with van der Waals surface area (Å²) in [6.07, 6.45) is 1.81. The van der Waals surface area contributed by atoms with E-state index in [1.165, 1.54) is 7.11 Å². The number of ether oxygens (including phenoxy) is 2. The summed E-state index contributed by atoms with van der Waals surface area (Å²) in [5, 5.41) is 0. The van der Waals surface area contributed by atoms with Crippen LogP contribution in [0.5, 0.6) is 11.5 Å². The highest BCUT2D eigenvalue weighted by molar-refractivity contribution is 14.1. The molecule has 5 heteroatoms. The maximum atomic E-state index is 11.4. The quantitative estimate of drug-likeness (QED) is 0.355. The zero-order valence-electron chi connectivity index (χ0n) is 9.66. The van der Waals surface area contributed by atoms with Crippen molar-refractivity contribution in [3.8, 4) is 11.5 Å². The van der Waals surface area contributed by atoms with Gasteiger partial charge in [0.2, 0.25) is 0 Å². The second kappa shape index (κ2) is 6.58. The van der Waals surface area contributed by atoms with Gasteiger partial charge in [-0.1, -0.05) is 6.92 Å². The van der Waals surface area contributed by atoms with Crippen LogP contribution in [0.4, 0.5) is 0 Å². The summed E-state index contributed by atoms with van der Waals surface area (Å²) < 4.78 is 11.0. The molecule has 0 aliphatic heterocycles. The van der Waals surface area contributed by atoms with Crippen LogP contribution in [0.1, 0.15) is 30.1 Å². The number of aldehydes is 1. The summed E-state index contributed by atoms with van der Waals surface area (Å²) in [5.41, 5.74) is 0.488. The summed E-state index contributed by atoms with van der Waals surface area (Å²) in [5.74, 6) is 0.461. The summed E-state index contributed by atoms with van der Waals surface area (Å²) in [7, 11) is 1.47. The number of benzene rings is 1. The maximum absolute atomic E-state index is 11.4. The molecule has 0 aliphatic rings. The Bertz CT molecular complexity index is 429. The Hall–Kier alpha value is -1.11. The van der Waals surface area contributed by atoms with Gasteiger partial charge in [0.15, 0.2) is 11.5 Å². The number of rotatable bonds is 5. The van der Waals surface area contributed by atoms with Crippen molar-refractivity contribution >= 4 is 34.8 Å². The third kappa shape index (κ3) is 3.69. The van der Waals surface area contributed by atoms with Crippen LogP contribution >= 0.6 is 22.6 Å². The highest BCUT2D eigenvalue weighted by Crippen LogP contribution is 2.33. The molecule has 4 nitrogen and oxygen atoms in total. The van der Waals surface area contributed by atoms with Gasteiger partial charge in [0.05, 0.1) is 10.7 Å². The SMILES string of the molecule is CCCC(=O)Oc1c(I)cc(C=O)cc1OC. The van der Waals surface area contributed by atoms with Crippen LogP contribution in [0, 0.1) is 3.57 Å². The Kier molecular flexibility index (Phi) is 5.40. The Morgan fingerprint density at radius 1 is 1.47 bits per heavy atom. The standard InChI is InChI=1S/C12H13IO4/c1-3-4-11(15)17-12-9(13)5-8(7-14)6-10(12)16-2/h5-7H,3-4H2,1-2H3. The largest absolute Gasteiger partial charge is 0.493 e. The lowest BCUT2D eigenvalue weighted by Gasteiger charge is -2.11. The summed E-state index contributed by atoms with van der Waals surface area (Å²) in [6.45, 7) is 1.90. The summed E-state index contributed by atoms with van der Waals surface area (Å²) >= 11 is 2.00. The molecular formula is C12H13IO4. The number of methoxy groups -OCH3 is 1. The molecule has 0 fully saturated rings. The van der Waals surface area contributed by atoms with Gasteiger partial charge in [-0.25, -0.2) is 0 Å². The fourth-order valence-corrected chi connectivity index (χ4v) is 2.01. The van der Waals surface area contributed by atoms with Gasteiger partial charge in [0.25, 0.3) is 0 Å². The molecule has 0 saturated carbocycles. The van der Waals surface area contributed by atoms with Crippen molar-refractivity contribution in [3.63, 3.8) is 0 Å². The molecule has 0 saturated heterocycles. The van der Waals surface area contributed by atoms with Crippen molar-refractivity contribution in [1.82, 2.24) is 0 Å². The molecule has 0 spiro atoms. The first-order valence-electron chi connectivity index (χ1n) is 5.15. The minimum absolute atomic E-state index is 0.303. The first-order valence-corrected chi connectivity index (χ1v) is 6.23. The van der Waals surface area contributed by atoms with E-state index < -0.39 is 0 Å². The van der Waals surface area contributed by atoms with Crippen LogP contribution in [0.25, 0.3) is 0 Å². The van der Waals surface area contributed by atoms with E-state index in [1.54, 1.807) is 12.1 Å². The third-order valence-corrected chi connectivity index (χ3v) is 2.86. The lowest BCUT2D eigenvalue weighted by Crippen LogP contribution is -2.09. The third-order valence-electron chi connectivity index (χ3n) is 2.06. The molecule has 0 bridgehead atoms. The Balaban J connectivity index is 3.05. The van der Waals surface area contributed by atoms with Gasteiger partial charge in [-0.2, -0.15) is 0 Å². The van der Waals surface area contributed by atoms with E-state index in [4.69, 9.17) is 9.47 Å². The van der Waals surface area contributed by atoms with Gasteiger partial charge in [-0.3, -0.25) is 9.59 Å². The molecule has 0 unspecified atom stereocenters. The highest BCUT2D eigenvalue weighted by Gasteiger charge is 2.14. The molecule has 0 aromatic heterocycles. The van der Waals surface area contributed by atoms with Crippen LogP contribution in [-0.2, 0) is 4.79 Å². The van der Waals surface area contributed by atoms with E-state index in [9.17, 15) is 9.59 Å². The van der Waals surface area contributed by atoms with Gasteiger partial charge < -0.3 is 9.47 Å². The summed E-state index contributed by atoms with van der Waals surface area (Å²) in [6, 6.07) is 3.19. The zero-order valence-corrected chi connectivity index (χ0v) is 11.8. The lowest BCUT2D eigenvalue weighted by atomic mass is 10.2. The van der Waals surface area contributed by atoms with E-state index in [0.29, 0.717) is 27.1 Å². The monoisotopic (exact) mass is 348 g/mol. The Labute approximate surface area is 113 Å². The molecule has 1 aromatic carbocycles. The number of halogens is 1. The Morgan fingerprint density at radius 3 is 2.71 bits per heavy atom. The van der Waals surface area contributed by atoms with Crippen molar-refractivity contribution in [1.29, 1.82) is 0 Å². The molecule has 1 aromatic rings. The van der Waals surface area contributed by atoms with Gasteiger partial charge in [0.1, 0.15) is 6.29 Å². The number of carbonyl (C=O) groups is 2. The average molecular weight is 348 g/mol. The topological polar surface area (TPSA) is 52.6 Å². The molecular weight excluding hydrogens is 335 g/mol. The predicted molar refractivity (Wildman–Crippen MR) is 71.6 cm³/mol. The predicted octanol–water partition coefficient (Wildman–Crippen LogP) is 2.82. The first kappa shape index (κ1) is 14.0. The normalized spacial score (nSPS) is 9.82. The van der Waals surface area contributed by atoms with Crippen molar-refractivity contribution in [2.24, 2.45) is 0 Å². The molecule has 0 aliphatic carbocycles. The van der Waals surface area contributed by atoms with Crippen LogP contribution in [0.2, 0.25) is 0 Å². The van der Waals surface area contributed by atoms with E-state index in [-0.39, 0.29) is 5.97 Å². The smallest absolute Gasteiger partial charge is 0.311 e. The molecule has 0 atom stereocenters. The molecule has 0 heterocycles. The van der Waals surface area contributed by atoms with Gasteiger partial charge >= 0.3 is 5.97 Å². The second-order valence-electron chi connectivity index (χ2n) is 3.38. The number of hydrogen-bond donors (Lipinski definition) is 0. The fraction of sp³-hybridized carbons (Fsp3) is 0.333. The minimum Gasteiger partial charge on any atom is -0.493 e. The molecule has 92 valence electrons. The van der Waals surface area contributed by atoms with Crippen LogP contribution in [-0.4, -0.2) is 19.4 Å². The van der Waals surface area contributed by atoms with Crippen molar-refractivity contribution in [2.75, 3.05) is 7.11 Å². The molecule has 0 N–H and O–H groups in total. The van der Waals surface area contributed by atoms with E-state index in [2.05, 4.69) is 0 Å². The average Bonchev–Trinajstić information content (AvgIpc) is 2.31. The van der Waals surface area contributed by atoms with Crippen molar-refractivity contribution in [3.05, 3.63) is 21.3 Å². The van der Waals surface area contributed by atoms with E-state index in [0.717, 1.165) is 12.7 Å². The van der Waals surface area contributed by atoms with Gasteiger partial charge in [0, 0.05) is 12.0 Å². The molecule has 0 amide bonds. The lowest BCUT2D eigenvalue weighted by molar-refractivity contribution is -0.134. The summed E-state index contributed by atoms with van der Waals surface area (Å²) in [4.78, 5) is 22.1. The first-order chi connectivity index (χ1) is 8.12. The van der Waals surface area contributed by atoms with E-state index >= 15 is 0 Å². The highest BCUT2D eigenvalue weighted by atomic mass is 127. The fourth-order valence-electron chi connectivity index (χ4n) is 1.28. The minimum atomic E-state index is -0.303. The molecule has 1 rings (SSSR count). The maximum Gasteiger partial charge on any atom is 0.311 e. The second-order valence-corrected chi connectivity index (χ2v) is 4.54. The van der Waals surface area contributed by atoms with E-state index in [1.807, 2.05) is 29.5 Å². The van der Waals surface area contributed by atoms with Gasteiger partial charge in [-0.05, 0) is 41.1 Å². The van der Waals surface area contributed by atoms with Gasteiger partial charge in [-0.15, -0.1) is 0 Å². The Morgan fingerprint density at radius 2 is 2.18 bits per heavy atom. The molecule has 17 heavy (non-hydrogen) atoms. The molecule has 0 radical (unpaired) electrons. The van der Waals surface area contributed by atoms with Crippen LogP contribution in [0.15, 0.2) is 12.1 Å². The van der Waals surface area contributed by atoms with Crippen LogP contribution in [0.3, 0.4) is 0 Å². The number of esters is 1. The number of carbonyl (C=O) groups excluding carboxylic acids is 2. The van der Waals surface area contributed by atoms with Crippen molar-refractivity contribution in [2.45, 2.75) is 19.8 Å². The van der Waals surface area contributed by atoms with Crippen LogP contribution < -0.4 is 9.47 Å². The van der Waals surface area contributed by atoms with Crippen molar-refractivity contribution < 1.29 is 19.1 Å². The number of hydrogen-bond acceptors (Lipinski definition) is 4. The zero-order chi connectivity index (χ0) is 12.8.